The molecule has 0 bridgehead atoms. The van der Waals surface area contributed by atoms with E-state index in [-0.39, 0.29) is 36.2 Å². The summed E-state index contributed by atoms with van der Waals surface area (Å²) in [6.07, 6.45) is -0.429. The zero-order valence-electron chi connectivity index (χ0n) is 21.5. The van der Waals surface area contributed by atoms with Crippen molar-refractivity contribution in [3.05, 3.63) is 42.5 Å². The van der Waals surface area contributed by atoms with Crippen LogP contribution in [0.15, 0.2) is 47.4 Å². The van der Waals surface area contributed by atoms with Gasteiger partial charge in [0.2, 0.25) is 5.91 Å². The highest BCUT2D eigenvalue weighted by Crippen LogP contribution is 2.32. The smallest absolute Gasteiger partial charge is 0.409 e. The van der Waals surface area contributed by atoms with Gasteiger partial charge in [-0.15, -0.1) is 0 Å². The van der Waals surface area contributed by atoms with Crippen molar-refractivity contribution in [1.29, 1.82) is 0 Å². The van der Waals surface area contributed by atoms with Gasteiger partial charge in [0.1, 0.15) is 12.3 Å². The molecule has 0 radical (unpaired) electrons. The summed E-state index contributed by atoms with van der Waals surface area (Å²) in [5, 5.41) is 0. The number of carbonyl (C=O) groups excluding carboxylic acids is 2. The number of amides is 2. The van der Waals surface area contributed by atoms with Gasteiger partial charge in [-0.05, 0) is 50.2 Å². The fourth-order valence-corrected chi connectivity index (χ4v) is 5.30. The molecule has 0 atom stereocenters. The van der Waals surface area contributed by atoms with Crippen LogP contribution >= 0.6 is 0 Å². The second-order valence-electron chi connectivity index (χ2n) is 8.02. The van der Waals surface area contributed by atoms with Crippen LogP contribution in [-0.2, 0) is 19.6 Å². The molecule has 0 unspecified atom stereocenters. The maximum absolute atomic E-state index is 13.8. The van der Waals surface area contributed by atoms with Gasteiger partial charge in [-0.1, -0.05) is 0 Å². The minimum atomic E-state index is -4.18. The van der Waals surface area contributed by atoms with Crippen LogP contribution in [0.5, 0.6) is 17.2 Å². The second-order valence-corrected chi connectivity index (χ2v) is 9.88. The number of sulfonamides is 1. The maximum Gasteiger partial charge on any atom is 0.409 e. The second kappa shape index (κ2) is 12.5. The molecule has 1 aliphatic heterocycles. The minimum absolute atomic E-state index is 0.0565. The normalized spacial score (nSPS) is 13.6. The van der Waals surface area contributed by atoms with Gasteiger partial charge in [0.25, 0.3) is 10.0 Å². The molecule has 1 aliphatic rings. The van der Waals surface area contributed by atoms with Crippen molar-refractivity contribution in [3.8, 4) is 17.2 Å². The molecule has 2 aromatic carbocycles. The zero-order chi connectivity index (χ0) is 27.0. The highest BCUT2D eigenvalue weighted by molar-refractivity contribution is 7.92. The van der Waals surface area contributed by atoms with E-state index in [4.69, 9.17) is 18.9 Å². The average molecular weight is 536 g/mol. The van der Waals surface area contributed by atoms with Crippen molar-refractivity contribution in [2.24, 2.45) is 0 Å². The predicted molar refractivity (Wildman–Crippen MR) is 137 cm³/mol. The number of ether oxygens (including phenoxy) is 4. The number of anilines is 1. The summed E-state index contributed by atoms with van der Waals surface area (Å²) < 4.78 is 49.7. The molecular weight excluding hydrogens is 502 g/mol. The van der Waals surface area contributed by atoms with Gasteiger partial charge in [-0.3, -0.25) is 9.10 Å². The number of piperazine rings is 1. The number of rotatable bonds is 10. The molecule has 37 heavy (non-hydrogen) atoms. The first-order valence-electron chi connectivity index (χ1n) is 11.9. The molecule has 0 aromatic heterocycles. The molecule has 1 fully saturated rings. The van der Waals surface area contributed by atoms with Crippen molar-refractivity contribution in [3.63, 3.8) is 0 Å². The lowest BCUT2D eigenvalue weighted by Gasteiger charge is -2.35. The number of methoxy groups -OCH3 is 2. The van der Waals surface area contributed by atoms with E-state index in [1.807, 2.05) is 6.92 Å². The first-order valence-corrected chi connectivity index (χ1v) is 13.4. The van der Waals surface area contributed by atoms with Crippen LogP contribution in [0.25, 0.3) is 0 Å². The summed E-state index contributed by atoms with van der Waals surface area (Å²) in [7, 11) is -1.31. The third kappa shape index (κ3) is 6.56. The van der Waals surface area contributed by atoms with Gasteiger partial charge >= 0.3 is 6.09 Å². The summed E-state index contributed by atoms with van der Waals surface area (Å²) in [5.74, 6) is 0.818. The van der Waals surface area contributed by atoms with E-state index in [1.165, 1.54) is 37.3 Å². The number of hydrogen-bond acceptors (Lipinski definition) is 8. The van der Waals surface area contributed by atoms with E-state index in [0.717, 1.165) is 4.31 Å². The Hall–Kier alpha value is -3.67. The Morgan fingerprint density at radius 3 is 2.05 bits per heavy atom. The fourth-order valence-electron chi connectivity index (χ4n) is 3.87. The van der Waals surface area contributed by atoms with Gasteiger partial charge < -0.3 is 28.7 Å². The van der Waals surface area contributed by atoms with Crippen LogP contribution in [-0.4, -0.2) is 90.4 Å². The van der Waals surface area contributed by atoms with Gasteiger partial charge in [-0.2, -0.15) is 0 Å². The number of benzene rings is 2. The lowest BCUT2D eigenvalue weighted by atomic mass is 10.3. The SMILES string of the molecule is CCOC(=O)N1CCN(C(=O)CN(c2ccc(OCC)cc2)S(=O)(=O)c2ccc(OC)c(OC)c2)CC1. The molecule has 0 aliphatic carbocycles. The molecule has 0 spiro atoms. The number of hydrogen-bond donors (Lipinski definition) is 0. The Morgan fingerprint density at radius 2 is 1.49 bits per heavy atom. The summed E-state index contributed by atoms with van der Waals surface area (Å²) in [6, 6.07) is 10.7. The summed E-state index contributed by atoms with van der Waals surface area (Å²) >= 11 is 0. The molecule has 1 saturated heterocycles. The van der Waals surface area contributed by atoms with Gasteiger partial charge in [-0.25, -0.2) is 13.2 Å². The van der Waals surface area contributed by atoms with E-state index < -0.39 is 22.7 Å². The fraction of sp³-hybridized carbons (Fsp3) is 0.440. The molecule has 12 heteroatoms. The van der Waals surface area contributed by atoms with Crippen molar-refractivity contribution < 1.29 is 37.0 Å². The standard InChI is InChI=1S/C25H33N3O8S/c1-5-35-20-9-7-19(8-10-20)28(37(31,32)21-11-12-22(33-3)23(17-21)34-4)18-24(29)26-13-15-27(16-14-26)25(30)36-6-2/h7-12,17H,5-6,13-16,18H2,1-4H3. The van der Waals surface area contributed by atoms with Gasteiger partial charge in [0, 0.05) is 32.2 Å². The maximum atomic E-state index is 13.8. The third-order valence-electron chi connectivity index (χ3n) is 5.82. The van der Waals surface area contributed by atoms with Gasteiger partial charge in [0.05, 0.1) is 38.0 Å². The minimum Gasteiger partial charge on any atom is -0.494 e. The average Bonchev–Trinajstić information content (AvgIpc) is 2.92. The number of nitrogens with zero attached hydrogens (tertiary/aromatic N) is 3. The zero-order valence-corrected chi connectivity index (χ0v) is 22.3. The Labute approximate surface area is 217 Å². The van der Waals surface area contributed by atoms with Crippen molar-refractivity contribution in [1.82, 2.24) is 9.80 Å². The van der Waals surface area contributed by atoms with E-state index in [0.29, 0.717) is 36.9 Å². The summed E-state index contributed by atoms with van der Waals surface area (Å²) in [5.41, 5.74) is 0.303. The molecule has 3 rings (SSSR count). The molecule has 202 valence electrons. The van der Waals surface area contributed by atoms with E-state index in [1.54, 1.807) is 36.1 Å². The van der Waals surface area contributed by atoms with Crippen molar-refractivity contribution >= 4 is 27.7 Å². The van der Waals surface area contributed by atoms with Crippen LogP contribution in [0.4, 0.5) is 10.5 Å². The monoisotopic (exact) mass is 535 g/mol. The van der Waals surface area contributed by atoms with Crippen molar-refractivity contribution in [2.75, 3.05) is 64.5 Å². The van der Waals surface area contributed by atoms with Crippen LogP contribution < -0.4 is 18.5 Å². The molecule has 11 nitrogen and oxygen atoms in total. The molecule has 0 N–H and O–H groups in total. The van der Waals surface area contributed by atoms with Crippen molar-refractivity contribution in [2.45, 2.75) is 18.7 Å². The lowest BCUT2D eigenvalue weighted by molar-refractivity contribution is -0.131. The number of carbonyl (C=O) groups is 2. The van der Waals surface area contributed by atoms with Crippen LogP contribution in [0.3, 0.4) is 0 Å². The lowest BCUT2D eigenvalue weighted by Crippen LogP contribution is -2.53. The Kier molecular flexibility index (Phi) is 9.45. The Bertz CT molecular complexity index is 1180. The third-order valence-corrected chi connectivity index (χ3v) is 7.59. The summed E-state index contributed by atoms with van der Waals surface area (Å²) in [4.78, 5) is 28.3. The van der Waals surface area contributed by atoms with Crippen LogP contribution in [0.2, 0.25) is 0 Å². The largest absolute Gasteiger partial charge is 0.494 e. The first kappa shape index (κ1) is 27.9. The van der Waals surface area contributed by atoms with E-state index in [9.17, 15) is 18.0 Å². The Morgan fingerprint density at radius 1 is 0.865 bits per heavy atom. The molecule has 2 amide bonds. The topological polar surface area (TPSA) is 115 Å². The molecule has 0 saturated carbocycles. The quantitative estimate of drug-likeness (QED) is 0.456. The van der Waals surface area contributed by atoms with Gasteiger partial charge in [0.15, 0.2) is 11.5 Å². The first-order chi connectivity index (χ1) is 17.7. The summed E-state index contributed by atoms with van der Waals surface area (Å²) in [6.45, 7) is 5.02. The highest BCUT2D eigenvalue weighted by atomic mass is 32.2. The van der Waals surface area contributed by atoms with E-state index >= 15 is 0 Å². The van der Waals surface area contributed by atoms with Crippen LogP contribution in [0, 0.1) is 0 Å². The molecular formula is C25H33N3O8S. The van der Waals surface area contributed by atoms with Crippen LogP contribution in [0.1, 0.15) is 13.8 Å². The van der Waals surface area contributed by atoms with E-state index in [2.05, 4.69) is 0 Å². The molecule has 1 heterocycles. The highest BCUT2D eigenvalue weighted by Gasteiger charge is 2.32. The predicted octanol–water partition coefficient (Wildman–Crippen LogP) is 2.60. The molecule has 2 aromatic rings. The Balaban J connectivity index is 1.88.